The molecule has 1 unspecified atom stereocenters. The zero-order valence-electron chi connectivity index (χ0n) is 14.0. The quantitative estimate of drug-likeness (QED) is 0.860. The summed E-state index contributed by atoms with van der Waals surface area (Å²) in [5.41, 5.74) is 1.99. The van der Waals surface area contributed by atoms with Gasteiger partial charge in [0.15, 0.2) is 0 Å². The van der Waals surface area contributed by atoms with Crippen LogP contribution in [0.5, 0.6) is 0 Å². The van der Waals surface area contributed by atoms with E-state index in [0.29, 0.717) is 23.9 Å². The second-order valence-electron chi connectivity index (χ2n) is 6.06. The molecule has 2 amide bonds. The number of hydrogen-bond donors (Lipinski definition) is 2. The van der Waals surface area contributed by atoms with Crippen molar-refractivity contribution in [3.63, 3.8) is 0 Å². The second-order valence-corrected chi connectivity index (χ2v) is 6.49. The fourth-order valence-electron chi connectivity index (χ4n) is 2.80. The number of amides is 2. The largest absolute Gasteiger partial charge is 0.374 e. The lowest BCUT2D eigenvalue weighted by atomic mass is 10.2. The van der Waals surface area contributed by atoms with Crippen LogP contribution in [-0.2, 0) is 11.3 Å². The molecule has 0 saturated carbocycles. The van der Waals surface area contributed by atoms with Gasteiger partial charge in [0.1, 0.15) is 0 Å². The third kappa shape index (κ3) is 5.74. The summed E-state index contributed by atoms with van der Waals surface area (Å²) in [4.78, 5) is 14.3. The molecule has 1 aliphatic heterocycles. The van der Waals surface area contributed by atoms with Gasteiger partial charge in [-0.05, 0) is 29.8 Å². The number of urea groups is 1. The van der Waals surface area contributed by atoms with Gasteiger partial charge in [-0.3, -0.25) is 4.90 Å². The van der Waals surface area contributed by atoms with Gasteiger partial charge >= 0.3 is 6.03 Å². The van der Waals surface area contributed by atoms with E-state index in [0.717, 1.165) is 19.6 Å². The molecule has 3 rings (SSSR count). The number of carbonyl (C=O) groups is 1. The van der Waals surface area contributed by atoms with Crippen molar-refractivity contribution in [1.82, 2.24) is 10.2 Å². The van der Waals surface area contributed by atoms with Crippen LogP contribution in [0.4, 0.5) is 10.5 Å². The van der Waals surface area contributed by atoms with Crippen LogP contribution in [0.15, 0.2) is 54.6 Å². The van der Waals surface area contributed by atoms with Gasteiger partial charge in [0.25, 0.3) is 0 Å². The summed E-state index contributed by atoms with van der Waals surface area (Å²) in [7, 11) is 0. The van der Waals surface area contributed by atoms with Crippen molar-refractivity contribution in [3.8, 4) is 0 Å². The maximum absolute atomic E-state index is 12.0. The van der Waals surface area contributed by atoms with E-state index in [2.05, 4.69) is 39.8 Å². The number of anilines is 1. The molecule has 5 nitrogen and oxygen atoms in total. The minimum Gasteiger partial charge on any atom is -0.374 e. The van der Waals surface area contributed by atoms with Gasteiger partial charge in [0.05, 0.1) is 12.7 Å². The summed E-state index contributed by atoms with van der Waals surface area (Å²) in [5.74, 6) is 0. The molecule has 0 aromatic heterocycles. The van der Waals surface area contributed by atoms with E-state index in [1.54, 1.807) is 24.3 Å². The Morgan fingerprint density at radius 2 is 1.92 bits per heavy atom. The number of hydrogen-bond acceptors (Lipinski definition) is 3. The lowest BCUT2D eigenvalue weighted by Gasteiger charge is -2.33. The Balaban J connectivity index is 1.43. The van der Waals surface area contributed by atoms with E-state index in [9.17, 15) is 4.79 Å². The first-order valence-corrected chi connectivity index (χ1v) is 8.75. The predicted octanol–water partition coefficient (Wildman–Crippen LogP) is 3.36. The molecule has 2 N–H and O–H groups in total. The molecule has 132 valence electrons. The van der Waals surface area contributed by atoms with E-state index in [4.69, 9.17) is 16.3 Å². The van der Waals surface area contributed by atoms with E-state index in [1.165, 1.54) is 5.56 Å². The van der Waals surface area contributed by atoms with Crippen molar-refractivity contribution in [1.29, 1.82) is 0 Å². The van der Waals surface area contributed by atoms with Gasteiger partial charge < -0.3 is 15.4 Å². The Labute approximate surface area is 152 Å². The maximum Gasteiger partial charge on any atom is 0.319 e. The second kappa shape index (κ2) is 8.85. The van der Waals surface area contributed by atoms with Crippen LogP contribution in [0, 0.1) is 0 Å². The predicted molar refractivity (Wildman–Crippen MR) is 99.9 cm³/mol. The van der Waals surface area contributed by atoms with Crippen molar-refractivity contribution in [2.45, 2.75) is 12.6 Å². The normalized spacial score (nSPS) is 17.9. The highest BCUT2D eigenvalue weighted by atomic mass is 35.5. The highest BCUT2D eigenvalue weighted by Gasteiger charge is 2.21. The average Bonchev–Trinajstić information content (AvgIpc) is 2.63. The molecule has 2 aromatic carbocycles. The van der Waals surface area contributed by atoms with Crippen LogP contribution < -0.4 is 10.6 Å². The number of nitrogens with one attached hydrogen (secondary N) is 2. The van der Waals surface area contributed by atoms with Crippen LogP contribution in [0.1, 0.15) is 5.56 Å². The number of rotatable bonds is 5. The molecular formula is C19H22ClN3O2. The summed E-state index contributed by atoms with van der Waals surface area (Å²) < 4.78 is 5.76. The van der Waals surface area contributed by atoms with Crippen molar-refractivity contribution in [2.75, 3.05) is 31.6 Å². The SMILES string of the molecule is O=C(NCC1CN(Cc2ccccc2)CCO1)Nc1ccc(Cl)cc1. The van der Waals surface area contributed by atoms with E-state index in [-0.39, 0.29) is 12.1 Å². The summed E-state index contributed by atoms with van der Waals surface area (Å²) >= 11 is 5.83. The Hall–Kier alpha value is -2.08. The maximum atomic E-state index is 12.0. The molecule has 1 saturated heterocycles. The van der Waals surface area contributed by atoms with Crippen molar-refractivity contribution in [2.24, 2.45) is 0 Å². The third-order valence-electron chi connectivity index (χ3n) is 4.06. The molecular weight excluding hydrogens is 338 g/mol. The molecule has 25 heavy (non-hydrogen) atoms. The van der Waals surface area contributed by atoms with Gasteiger partial charge in [0, 0.05) is 36.9 Å². The third-order valence-corrected chi connectivity index (χ3v) is 4.32. The van der Waals surface area contributed by atoms with Crippen LogP contribution >= 0.6 is 11.6 Å². The van der Waals surface area contributed by atoms with Crippen molar-refractivity contribution >= 4 is 23.3 Å². The van der Waals surface area contributed by atoms with Crippen LogP contribution in [0.2, 0.25) is 5.02 Å². The van der Waals surface area contributed by atoms with Gasteiger partial charge in [-0.2, -0.15) is 0 Å². The Morgan fingerprint density at radius 3 is 2.68 bits per heavy atom. The topological polar surface area (TPSA) is 53.6 Å². The number of halogens is 1. The van der Waals surface area contributed by atoms with Crippen molar-refractivity contribution in [3.05, 3.63) is 65.2 Å². The van der Waals surface area contributed by atoms with E-state index < -0.39 is 0 Å². The number of benzene rings is 2. The zero-order chi connectivity index (χ0) is 17.5. The Morgan fingerprint density at radius 1 is 1.16 bits per heavy atom. The number of nitrogens with zero attached hydrogens (tertiary/aromatic N) is 1. The minimum absolute atomic E-state index is 0.00608. The Kier molecular flexibility index (Phi) is 6.28. The smallest absolute Gasteiger partial charge is 0.319 e. The monoisotopic (exact) mass is 359 g/mol. The highest BCUT2D eigenvalue weighted by molar-refractivity contribution is 6.30. The molecule has 2 aromatic rings. The summed E-state index contributed by atoms with van der Waals surface area (Å²) in [5, 5.41) is 6.29. The summed E-state index contributed by atoms with van der Waals surface area (Å²) in [6, 6.07) is 17.1. The zero-order valence-corrected chi connectivity index (χ0v) is 14.7. The first kappa shape index (κ1) is 17.7. The van der Waals surface area contributed by atoms with Crippen LogP contribution in [-0.4, -0.2) is 43.3 Å². The van der Waals surface area contributed by atoms with Gasteiger partial charge in [0.2, 0.25) is 0 Å². The van der Waals surface area contributed by atoms with Crippen LogP contribution in [0.3, 0.4) is 0 Å². The number of ether oxygens (including phenoxy) is 1. The first-order chi connectivity index (χ1) is 12.2. The molecule has 1 heterocycles. The van der Waals surface area contributed by atoms with E-state index in [1.807, 2.05) is 6.07 Å². The Bertz CT molecular complexity index is 679. The van der Waals surface area contributed by atoms with Crippen molar-refractivity contribution < 1.29 is 9.53 Å². The van der Waals surface area contributed by atoms with Crippen LogP contribution in [0.25, 0.3) is 0 Å². The minimum atomic E-state index is -0.244. The lowest BCUT2D eigenvalue weighted by molar-refractivity contribution is -0.0285. The number of carbonyl (C=O) groups excluding carboxylic acids is 1. The molecule has 0 radical (unpaired) electrons. The first-order valence-electron chi connectivity index (χ1n) is 8.37. The van der Waals surface area contributed by atoms with Gasteiger partial charge in [-0.1, -0.05) is 41.9 Å². The molecule has 0 bridgehead atoms. The van der Waals surface area contributed by atoms with Gasteiger partial charge in [-0.15, -0.1) is 0 Å². The molecule has 1 fully saturated rings. The molecule has 6 heteroatoms. The number of morpholine rings is 1. The highest BCUT2D eigenvalue weighted by Crippen LogP contribution is 2.13. The molecule has 0 spiro atoms. The van der Waals surface area contributed by atoms with Gasteiger partial charge in [-0.25, -0.2) is 4.79 Å². The summed E-state index contributed by atoms with van der Waals surface area (Å²) in [6.45, 7) is 3.76. The standard InChI is InChI=1S/C19H22ClN3O2/c20-16-6-8-17(9-7-16)22-19(24)21-12-18-14-23(10-11-25-18)13-15-4-2-1-3-5-15/h1-9,18H,10-14H2,(H2,21,22,24). The summed E-state index contributed by atoms with van der Waals surface area (Å²) in [6.07, 6.45) is -0.00608. The molecule has 1 aliphatic rings. The average molecular weight is 360 g/mol. The fraction of sp³-hybridized carbons (Fsp3) is 0.316. The molecule has 1 atom stereocenters. The fourth-order valence-corrected chi connectivity index (χ4v) is 2.93. The molecule has 0 aliphatic carbocycles. The lowest BCUT2D eigenvalue weighted by Crippen LogP contribution is -2.47. The van der Waals surface area contributed by atoms with E-state index >= 15 is 0 Å².